The van der Waals surface area contributed by atoms with Gasteiger partial charge in [-0.3, -0.25) is 10.1 Å². The fraction of sp³-hybridized carbons (Fsp3) is 0.250. The van der Waals surface area contributed by atoms with Crippen molar-refractivity contribution in [2.45, 2.75) is 19.9 Å². The molecule has 1 N–H and O–H groups in total. The predicted molar refractivity (Wildman–Crippen MR) is 82.7 cm³/mol. The Morgan fingerprint density at radius 2 is 1.86 bits per heavy atom. The number of hydrogen-bond donors (Lipinski definition) is 1. The number of para-hydroxylation sites is 2. The lowest BCUT2D eigenvalue weighted by Crippen LogP contribution is -2.03. The van der Waals surface area contributed by atoms with Gasteiger partial charge in [0.2, 0.25) is 0 Å². The SMILES string of the molecule is CCCOc1ccccc1NCc1ccc([N+](=O)[O-])cc1. The molecular weight excluding hydrogens is 268 g/mol. The lowest BCUT2D eigenvalue weighted by Gasteiger charge is -2.12. The molecule has 0 bridgehead atoms. The van der Waals surface area contributed by atoms with Crippen LogP contribution in [0.2, 0.25) is 0 Å². The Balaban J connectivity index is 2.00. The van der Waals surface area contributed by atoms with Crippen LogP contribution < -0.4 is 10.1 Å². The van der Waals surface area contributed by atoms with Crippen molar-refractivity contribution in [2.24, 2.45) is 0 Å². The third-order valence-corrected chi connectivity index (χ3v) is 2.98. The Bertz CT molecular complexity index is 597. The third-order valence-electron chi connectivity index (χ3n) is 2.98. The highest BCUT2D eigenvalue weighted by atomic mass is 16.6. The second-order valence-electron chi connectivity index (χ2n) is 4.62. The minimum absolute atomic E-state index is 0.102. The maximum atomic E-state index is 10.6. The fourth-order valence-corrected chi connectivity index (χ4v) is 1.88. The summed E-state index contributed by atoms with van der Waals surface area (Å²) in [7, 11) is 0. The summed E-state index contributed by atoms with van der Waals surface area (Å²) >= 11 is 0. The standard InChI is InChI=1S/C16H18N2O3/c1-2-11-21-16-6-4-3-5-15(16)17-12-13-7-9-14(10-8-13)18(19)20/h3-10,17H,2,11-12H2,1H3. The molecule has 0 saturated heterocycles. The van der Waals surface area contributed by atoms with Crippen molar-refractivity contribution in [3.8, 4) is 5.75 Å². The lowest BCUT2D eigenvalue weighted by atomic mass is 10.2. The smallest absolute Gasteiger partial charge is 0.269 e. The molecular formula is C16H18N2O3. The van der Waals surface area contributed by atoms with E-state index >= 15 is 0 Å². The first-order valence-corrected chi connectivity index (χ1v) is 6.89. The van der Waals surface area contributed by atoms with Crippen molar-refractivity contribution in [1.82, 2.24) is 0 Å². The van der Waals surface area contributed by atoms with E-state index in [4.69, 9.17) is 4.74 Å². The van der Waals surface area contributed by atoms with Crippen LogP contribution in [-0.4, -0.2) is 11.5 Å². The summed E-state index contributed by atoms with van der Waals surface area (Å²) in [6, 6.07) is 14.3. The molecule has 21 heavy (non-hydrogen) atoms. The van der Waals surface area contributed by atoms with Gasteiger partial charge in [0, 0.05) is 18.7 Å². The first-order chi connectivity index (χ1) is 10.2. The molecule has 0 amide bonds. The zero-order valence-electron chi connectivity index (χ0n) is 11.9. The van der Waals surface area contributed by atoms with E-state index in [0.29, 0.717) is 13.2 Å². The Morgan fingerprint density at radius 1 is 1.14 bits per heavy atom. The van der Waals surface area contributed by atoms with Crippen molar-refractivity contribution in [2.75, 3.05) is 11.9 Å². The molecule has 0 atom stereocenters. The molecule has 5 heteroatoms. The number of benzene rings is 2. The van der Waals surface area contributed by atoms with Crippen molar-refractivity contribution < 1.29 is 9.66 Å². The molecule has 0 aromatic heterocycles. The second kappa shape index (κ2) is 7.28. The van der Waals surface area contributed by atoms with Crippen LogP contribution in [0.1, 0.15) is 18.9 Å². The van der Waals surface area contributed by atoms with E-state index in [-0.39, 0.29) is 5.69 Å². The highest BCUT2D eigenvalue weighted by Gasteiger charge is 2.05. The predicted octanol–water partition coefficient (Wildman–Crippen LogP) is 4.00. The summed E-state index contributed by atoms with van der Waals surface area (Å²) in [5, 5.41) is 13.9. The fourth-order valence-electron chi connectivity index (χ4n) is 1.88. The summed E-state index contributed by atoms with van der Waals surface area (Å²) < 4.78 is 5.67. The van der Waals surface area contributed by atoms with Crippen LogP contribution in [0.25, 0.3) is 0 Å². The number of anilines is 1. The highest BCUT2D eigenvalue weighted by Crippen LogP contribution is 2.24. The largest absolute Gasteiger partial charge is 0.491 e. The molecule has 2 rings (SSSR count). The number of ether oxygens (including phenoxy) is 1. The molecule has 0 radical (unpaired) electrons. The summed E-state index contributed by atoms with van der Waals surface area (Å²) in [6.07, 6.45) is 0.955. The number of non-ortho nitro benzene ring substituents is 1. The van der Waals surface area contributed by atoms with Crippen molar-refractivity contribution in [3.63, 3.8) is 0 Å². The van der Waals surface area contributed by atoms with Gasteiger partial charge in [0.1, 0.15) is 5.75 Å². The van der Waals surface area contributed by atoms with E-state index in [1.54, 1.807) is 12.1 Å². The summed E-state index contributed by atoms with van der Waals surface area (Å²) in [4.78, 5) is 10.2. The molecule has 0 spiro atoms. The van der Waals surface area contributed by atoms with Crippen LogP contribution in [0.4, 0.5) is 11.4 Å². The van der Waals surface area contributed by atoms with Crippen LogP contribution in [0.15, 0.2) is 48.5 Å². The average Bonchev–Trinajstić information content (AvgIpc) is 2.52. The van der Waals surface area contributed by atoms with Gasteiger partial charge in [0.25, 0.3) is 5.69 Å². The second-order valence-corrected chi connectivity index (χ2v) is 4.62. The Labute approximate surface area is 123 Å². The minimum atomic E-state index is -0.398. The molecule has 0 unspecified atom stereocenters. The van der Waals surface area contributed by atoms with E-state index < -0.39 is 4.92 Å². The van der Waals surface area contributed by atoms with Gasteiger partial charge in [0.15, 0.2) is 0 Å². The summed E-state index contributed by atoms with van der Waals surface area (Å²) in [5.74, 6) is 0.821. The van der Waals surface area contributed by atoms with E-state index in [0.717, 1.165) is 23.4 Å². The molecule has 2 aromatic rings. The van der Waals surface area contributed by atoms with Crippen molar-refractivity contribution in [3.05, 3.63) is 64.2 Å². The topological polar surface area (TPSA) is 64.4 Å². The molecule has 0 heterocycles. The molecule has 5 nitrogen and oxygen atoms in total. The maximum absolute atomic E-state index is 10.6. The van der Waals surface area contributed by atoms with Gasteiger partial charge in [-0.05, 0) is 24.1 Å². The molecule has 0 saturated carbocycles. The van der Waals surface area contributed by atoms with Crippen molar-refractivity contribution in [1.29, 1.82) is 0 Å². The number of nitrogens with one attached hydrogen (secondary N) is 1. The highest BCUT2D eigenvalue weighted by molar-refractivity contribution is 5.56. The molecule has 0 fully saturated rings. The third kappa shape index (κ3) is 4.21. The Morgan fingerprint density at radius 3 is 2.52 bits per heavy atom. The van der Waals surface area contributed by atoms with Crippen LogP contribution >= 0.6 is 0 Å². The normalized spacial score (nSPS) is 10.1. The first kappa shape index (κ1) is 14.8. The van der Waals surface area contributed by atoms with E-state index in [1.807, 2.05) is 24.3 Å². The van der Waals surface area contributed by atoms with Crippen LogP contribution in [-0.2, 0) is 6.54 Å². The lowest BCUT2D eigenvalue weighted by molar-refractivity contribution is -0.384. The van der Waals surface area contributed by atoms with Crippen LogP contribution in [0, 0.1) is 10.1 Å². The molecule has 0 aliphatic heterocycles. The summed E-state index contributed by atoms with van der Waals surface area (Å²) in [6.45, 7) is 3.33. The minimum Gasteiger partial charge on any atom is -0.491 e. The Kier molecular flexibility index (Phi) is 5.15. The quantitative estimate of drug-likeness (QED) is 0.617. The number of rotatable bonds is 7. The maximum Gasteiger partial charge on any atom is 0.269 e. The first-order valence-electron chi connectivity index (χ1n) is 6.89. The van der Waals surface area contributed by atoms with Gasteiger partial charge in [0.05, 0.1) is 17.2 Å². The monoisotopic (exact) mass is 286 g/mol. The number of nitro groups is 1. The Hall–Kier alpha value is -2.56. The van der Waals surface area contributed by atoms with Gasteiger partial charge in [-0.2, -0.15) is 0 Å². The van der Waals surface area contributed by atoms with Gasteiger partial charge >= 0.3 is 0 Å². The number of nitrogens with zero attached hydrogens (tertiary/aromatic N) is 1. The number of hydrogen-bond acceptors (Lipinski definition) is 4. The molecule has 110 valence electrons. The van der Waals surface area contributed by atoms with Gasteiger partial charge in [-0.15, -0.1) is 0 Å². The zero-order chi connectivity index (χ0) is 15.1. The number of nitro benzene ring substituents is 1. The van der Waals surface area contributed by atoms with E-state index in [9.17, 15) is 10.1 Å². The molecule has 0 aliphatic carbocycles. The van der Waals surface area contributed by atoms with Crippen LogP contribution in [0.5, 0.6) is 5.75 Å². The van der Waals surface area contributed by atoms with E-state index in [1.165, 1.54) is 12.1 Å². The van der Waals surface area contributed by atoms with Gasteiger partial charge in [-0.1, -0.05) is 31.2 Å². The van der Waals surface area contributed by atoms with E-state index in [2.05, 4.69) is 12.2 Å². The van der Waals surface area contributed by atoms with Crippen molar-refractivity contribution >= 4 is 11.4 Å². The summed E-state index contributed by atoms with van der Waals surface area (Å²) in [5.41, 5.74) is 2.00. The molecule has 0 aliphatic rings. The molecule has 2 aromatic carbocycles. The average molecular weight is 286 g/mol. The zero-order valence-corrected chi connectivity index (χ0v) is 11.9. The van der Waals surface area contributed by atoms with Gasteiger partial charge in [-0.25, -0.2) is 0 Å². The van der Waals surface area contributed by atoms with Crippen LogP contribution in [0.3, 0.4) is 0 Å². The van der Waals surface area contributed by atoms with Gasteiger partial charge < -0.3 is 10.1 Å².